The van der Waals surface area contributed by atoms with Crippen LogP contribution in [0.3, 0.4) is 0 Å². The maximum Gasteiger partial charge on any atom is 0.225 e. The molecular weight excluding hydrogens is 475 g/mol. The normalized spacial score (nSPS) is 15.8. The van der Waals surface area contributed by atoms with Crippen LogP contribution in [0.4, 0.5) is 16.2 Å². The van der Waals surface area contributed by atoms with Crippen molar-refractivity contribution in [3.63, 3.8) is 0 Å². The first-order chi connectivity index (χ1) is 17.9. The molecule has 1 aliphatic heterocycles. The summed E-state index contributed by atoms with van der Waals surface area (Å²) in [5.74, 6) is 1.85. The van der Waals surface area contributed by atoms with Gasteiger partial charge in [-0.25, -0.2) is 23.9 Å². The van der Waals surface area contributed by atoms with E-state index in [-0.39, 0.29) is 5.82 Å². The summed E-state index contributed by atoms with van der Waals surface area (Å²) in [6.07, 6.45) is 6.73. The number of rotatable bonds is 5. The Bertz CT molecular complexity index is 1540. The molecule has 37 heavy (non-hydrogen) atoms. The van der Waals surface area contributed by atoms with Crippen LogP contribution in [0.15, 0.2) is 65.8 Å². The second kappa shape index (κ2) is 8.93. The van der Waals surface area contributed by atoms with Gasteiger partial charge in [0.2, 0.25) is 5.95 Å². The quantitative estimate of drug-likeness (QED) is 0.389. The number of hydrogen-bond donors (Lipinski definition) is 1. The molecule has 1 fully saturated rings. The van der Waals surface area contributed by atoms with Gasteiger partial charge in [0.25, 0.3) is 0 Å². The molecular formula is C26H25FN8O2. The molecule has 0 amide bonds. The first kappa shape index (κ1) is 23.0. The fourth-order valence-electron chi connectivity index (χ4n) is 4.60. The lowest BCUT2D eigenvalue weighted by Crippen LogP contribution is -2.47. The Kier molecular flexibility index (Phi) is 5.56. The summed E-state index contributed by atoms with van der Waals surface area (Å²) in [5.41, 5.74) is 2.36. The van der Waals surface area contributed by atoms with Crippen LogP contribution in [0.2, 0.25) is 0 Å². The molecule has 0 spiro atoms. The van der Waals surface area contributed by atoms with E-state index >= 15 is 0 Å². The number of halogens is 1. The fourth-order valence-corrected chi connectivity index (χ4v) is 4.60. The predicted molar refractivity (Wildman–Crippen MR) is 135 cm³/mol. The molecule has 1 aromatic carbocycles. The van der Waals surface area contributed by atoms with Gasteiger partial charge in [0, 0.05) is 62.0 Å². The van der Waals surface area contributed by atoms with Crippen molar-refractivity contribution in [1.29, 1.82) is 0 Å². The number of piperazine rings is 1. The van der Waals surface area contributed by atoms with E-state index in [4.69, 9.17) is 4.52 Å². The molecule has 1 saturated heterocycles. The zero-order valence-electron chi connectivity index (χ0n) is 20.4. The Morgan fingerprint density at radius 1 is 0.946 bits per heavy atom. The summed E-state index contributed by atoms with van der Waals surface area (Å²) in [6, 6.07) is 9.70. The third-order valence-electron chi connectivity index (χ3n) is 6.78. The molecule has 1 aliphatic rings. The van der Waals surface area contributed by atoms with Gasteiger partial charge in [-0.1, -0.05) is 17.3 Å². The number of aromatic nitrogens is 6. The fraction of sp³-hybridized carbons (Fsp3) is 0.269. The molecule has 11 heteroatoms. The van der Waals surface area contributed by atoms with E-state index < -0.39 is 5.60 Å². The number of benzene rings is 1. The third-order valence-corrected chi connectivity index (χ3v) is 6.78. The molecule has 6 rings (SSSR count). The zero-order valence-corrected chi connectivity index (χ0v) is 20.4. The van der Waals surface area contributed by atoms with E-state index in [0.717, 1.165) is 41.4 Å². The largest absolute Gasteiger partial charge is 0.381 e. The molecule has 188 valence electrons. The number of hydrogen-bond acceptors (Lipinski definition) is 9. The molecule has 4 aromatic heterocycles. The second-order valence-corrected chi connectivity index (χ2v) is 9.29. The van der Waals surface area contributed by atoms with Crippen LogP contribution in [-0.2, 0) is 5.60 Å². The molecule has 1 N–H and O–H groups in total. The Labute approximate surface area is 212 Å². The zero-order chi connectivity index (χ0) is 25.6. The lowest BCUT2D eigenvalue weighted by atomic mass is 9.90. The number of fused-ring (bicyclic) bond motifs is 1. The van der Waals surface area contributed by atoms with E-state index in [1.807, 2.05) is 29.8 Å². The summed E-state index contributed by atoms with van der Waals surface area (Å²) in [7, 11) is 0. The van der Waals surface area contributed by atoms with Crippen LogP contribution in [0.1, 0.15) is 23.8 Å². The highest BCUT2D eigenvalue weighted by Gasteiger charge is 2.28. The lowest BCUT2D eigenvalue weighted by Gasteiger charge is -2.35. The molecule has 0 aliphatic carbocycles. The van der Waals surface area contributed by atoms with Crippen LogP contribution in [0, 0.1) is 12.7 Å². The highest BCUT2D eigenvalue weighted by molar-refractivity contribution is 5.76. The summed E-state index contributed by atoms with van der Waals surface area (Å²) >= 11 is 0. The van der Waals surface area contributed by atoms with E-state index in [0.29, 0.717) is 30.2 Å². The minimum absolute atomic E-state index is 0.351. The van der Waals surface area contributed by atoms with Crippen molar-refractivity contribution in [2.75, 3.05) is 36.0 Å². The van der Waals surface area contributed by atoms with Gasteiger partial charge < -0.3 is 19.4 Å². The maximum absolute atomic E-state index is 13.3. The minimum atomic E-state index is -1.33. The Morgan fingerprint density at radius 3 is 2.32 bits per heavy atom. The van der Waals surface area contributed by atoms with Gasteiger partial charge >= 0.3 is 0 Å². The summed E-state index contributed by atoms with van der Waals surface area (Å²) in [5, 5.41) is 19.5. The van der Waals surface area contributed by atoms with Crippen LogP contribution in [0.25, 0.3) is 16.8 Å². The van der Waals surface area contributed by atoms with E-state index in [1.165, 1.54) is 12.1 Å². The number of aliphatic hydroxyl groups is 1. The first-order valence-electron chi connectivity index (χ1n) is 12.0. The Morgan fingerprint density at radius 2 is 1.65 bits per heavy atom. The molecule has 0 saturated carbocycles. The van der Waals surface area contributed by atoms with Crippen LogP contribution in [-0.4, -0.2) is 61.0 Å². The van der Waals surface area contributed by atoms with Crippen molar-refractivity contribution < 1.29 is 14.0 Å². The number of anilines is 2. The first-order valence-corrected chi connectivity index (χ1v) is 12.0. The van der Waals surface area contributed by atoms with E-state index in [9.17, 15) is 9.50 Å². The summed E-state index contributed by atoms with van der Waals surface area (Å²) in [4.78, 5) is 17.9. The molecule has 0 bridgehead atoms. The molecule has 5 aromatic rings. The van der Waals surface area contributed by atoms with E-state index in [2.05, 4.69) is 35.0 Å². The average Bonchev–Trinajstić information content (AvgIpc) is 3.55. The van der Waals surface area contributed by atoms with Gasteiger partial charge in [0.1, 0.15) is 34.7 Å². The van der Waals surface area contributed by atoms with Gasteiger partial charge in [-0.2, -0.15) is 5.10 Å². The van der Waals surface area contributed by atoms with Gasteiger partial charge in [0.15, 0.2) is 5.82 Å². The molecule has 1 atom stereocenters. The van der Waals surface area contributed by atoms with E-state index in [1.54, 1.807) is 37.8 Å². The standard InChI is InChI=1S/C26H25FN8O2/c1-17-11-22(32-37-17)18-12-23-24(30-16-31-35(23)15-18)33-7-9-34(10-8-33)25-28-13-20(14-29-25)26(2,36)19-3-5-21(27)6-4-19/h3-6,11-16,36H,7-10H2,1-2H3/t26-/m1/s1. The molecule has 5 heterocycles. The average molecular weight is 501 g/mol. The van der Waals surface area contributed by atoms with Crippen molar-refractivity contribution in [1.82, 2.24) is 29.7 Å². The second-order valence-electron chi connectivity index (χ2n) is 9.29. The highest BCUT2D eigenvalue weighted by atomic mass is 19.1. The molecule has 10 nitrogen and oxygen atoms in total. The number of nitrogens with zero attached hydrogens (tertiary/aromatic N) is 8. The van der Waals surface area contributed by atoms with Crippen molar-refractivity contribution in [2.24, 2.45) is 0 Å². The number of aryl methyl sites for hydroxylation is 1. The Balaban J connectivity index is 1.17. The van der Waals surface area contributed by atoms with Crippen molar-refractivity contribution in [3.05, 3.63) is 84.0 Å². The minimum Gasteiger partial charge on any atom is -0.381 e. The smallest absolute Gasteiger partial charge is 0.225 e. The van der Waals surface area contributed by atoms with Crippen LogP contribution >= 0.6 is 0 Å². The van der Waals surface area contributed by atoms with Crippen molar-refractivity contribution in [3.8, 4) is 11.3 Å². The van der Waals surface area contributed by atoms with Crippen molar-refractivity contribution in [2.45, 2.75) is 19.4 Å². The summed E-state index contributed by atoms with van der Waals surface area (Å²) in [6.45, 7) is 6.39. The SMILES string of the molecule is Cc1cc(-c2cc3c(N4CCN(c5ncc([C@](C)(O)c6ccc(F)cc6)cn5)CC4)ncnn3c2)no1. The maximum atomic E-state index is 13.3. The van der Waals surface area contributed by atoms with Gasteiger partial charge in [-0.15, -0.1) is 0 Å². The Hall–Kier alpha value is -4.38. The summed E-state index contributed by atoms with van der Waals surface area (Å²) < 4.78 is 20.3. The predicted octanol–water partition coefficient (Wildman–Crippen LogP) is 3.20. The van der Waals surface area contributed by atoms with Gasteiger partial charge in [-0.3, -0.25) is 0 Å². The van der Waals surface area contributed by atoms with Crippen molar-refractivity contribution >= 4 is 17.3 Å². The molecule has 0 unspecified atom stereocenters. The van der Waals surface area contributed by atoms with Crippen LogP contribution in [0.5, 0.6) is 0 Å². The monoisotopic (exact) mass is 500 g/mol. The lowest BCUT2D eigenvalue weighted by molar-refractivity contribution is 0.101. The van der Waals surface area contributed by atoms with Gasteiger partial charge in [0.05, 0.1) is 0 Å². The highest BCUT2D eigenvalue weighted by Crippen LogP contribution is 2.30. The van der Waals surface area contributed by atoms with Crippen LogP contribution < -0.4 is 9.80 Å². The van der Waals surface area contributed by atoms with Gasteiger partial charge in [-0.05, 0) is 37.6 Å². The third kappa shape index (κ3) is 4.27. The topological polar surface area (TPSA) is 109 Å². The molecule has 0 radical (unpaired) electrons.